The number of hydrogen-bond donors (Lipinski definition) is 1. The van der Waals surface area contributed by atoms with Crippen molar-refractivity contribution in [3.8, 4) is 0 Å². The number of nitrogens with one attached hydrogen (secondary N) is 1. The fourth-order valence-electron chi connectivity index (χ4n) is 1.37. The first kappa shape index (κ1) is 13.3. The van der Waals surface area contributed by atoms with Crippen molar-refractivity contribution in [1.82, 2.24) is 5.32 Å². The summed E-state index contributed by atoms with van der Waals surface area (Å²) in [5.74, 6) is -2.13. The fraction of sp³-hybridized carbons (Fsp3) is 0.250. The molecule has 92 valence electrons. The molecule has 0 aliphatic heterocycles. The Hall–Kier alpha value is -1.75. The van der Waals surface area contributed by atoms with Gasteiger partial charge in [0.15, 0.2) is 0 Å². The van der Waals surface area contributed by atoms with Gasteiger partial charge in [-0.15, -0.1) is 6.58 Å². The minimum atomic E-state index is -0.974. The number of ether oxygens (including phenoxy) is 1. The lowest BCUT2D eigenvalue weighted by Crippen LogP contribution is -2.30. The van der Waals surface area contributed by atoms with E-state index in [0.29, 0.717) is 6.54 Å². The summed E-state index contributed by atoms with van der Waals surface area (Å²) in [6.45, 7) is 3.78. The number of methoxy groups -OCH3 is 1. The molecule has 0 amide bonds. The molecule has 3 nitrogen and oxygen atoms in total. The molecule has 1 atom stereocenters. The van der Waals surface area contributed by atoms with Gasteiger partial charge in [-0.3, -0.25) is 5.32 Å². The summed E-state index contributed by atoms with van der Waals surface area (Å²) in [4.78, 5) is 11.5. The topological polar surface area (TPSA) is 38.3 Å². The summed E-state index contributed by atoms with van der Waals surface area (Å²) in [7, 11) is 1.20. The molecule has 5 heteroatoms. The van der Waals surface area contributed by atoms with Crippen LogP contribution in [0.15, 0.2) is 30.9 Å². The Morgan fingerprint density at radius 3 is 2.82 bits per heavy atom. The monoisotopic (exact) mass is 241 g/mol. The second-order valence-corrected chi connectivity index (χ2v) is 3.32. The average Bonchev–Trinajstić information content (AvgIpc) is 2.31. The molecule has 0 aliphatic rings. The van der Waals surface area contributed by atoms with E-state index in [0.717, 1.165) is 12.1 Å². The van der Waals surface area contributed by atoms with E-state index in [4.69, 9.17) is 0 Å². The van der Waals surface area contributed by atoms with Crippen LogP contribution in [0, 0.1) is 11.6 Å². The van der Waals surface area contributed by atoms with Crippen LogP contribution in [-0.4, -0.2) is 19.6 Å². The Labute approximate surface area is 98.1 Å². The summed E-state index contributed by atoms with van der Waals surface area (Å²) in [6.07, 6.45) is 1.53. The maximum atomic E-state index is 13.5. The van der Waals surface area contributed by atoms with Gasteiger partial charge in [0.05, 0.1) is 7.11 Å². The van der Waals surface area contributed by atoms with Crippen LogP contribution < -0.4 is 5.32 Å². The third-order valence-electron chi connectivity index (χ3n) is 2.18. The van der Waals surface area contributed by atoms with Crippen molar-refractivity contribution in [2.45, 2.75) is 6.04 Å². The first-order valence-electron chi connectivity index (χ1n) is 4.97. The smallest absolute Gasteiger partial charge is 0.327 e. The van der Waals surface area contributed by atoms with Crippen LogP contribution in [0.3, 0.4) is 0 Å². The lowest BCUT2D eigenvalue weighted by molar-refractivity contribution is -0.143. The molecule has 1 rings (SSSR count). The lowest BCUT2D eigenvalue weighted by Gasteiger charge is -2.16. The molecule has 0 fully saturated rings. The number of carbonyl (C=O) groups is 1. The lowest BCUT2D eigenvalue weighted by atomic mass is 10.1. The van der Waals surface area contributed by atoms with Crippen molar-refractivity contribution in [2.24, 2.45) is 0 Å². The van der Waals surface area contributed by atoms with Gasteiger partial charge < -0.3 is 4.74 Å². The van der Waals surface area contributed by atoms with Crippen molar-refractivity contribution in [1.29, 1.82) is 0 Å². The van der Waals surface area contributed by atoms with Gasteiger partial charge in [-0.05, 0) is 6.07 Å². The Morgan fingerprint density at radius 1 is 1.59 bits per heavy atom. The van der Waals surface area contributed by atoms with Crippen LogP contribution in [0.5, 0.6) is 0 Å². The standard InChI is InChI=1S/C12H13F2NO2/c1-3-6-15-11(12(16)17-2)9-5-4-8(13)7-10(9)14/h3-5,7,11,15H,1,6H2,2H3. The molecule has 1 N–H and O–H groups in total. The van der Waals surface area contributed by atoms with Crippen molar-refractivity contribution in [2.75, 3.05) is 13.7 Å². The summed E-state index contributed by atoms with van der Waals surface area (Å²) in [5.41, 5.74) is 0.0418. The maximum absolute atomic E-state index is 13.5. The molecule has 1 aromatic carbocycles. The van der Waals surface area contributed by atoms with E-state index in [9.17, 15) is 13.6 Å². The van der Waals surface area contributed by atoms with Crippen molar-refractivity contribution >= 4 is 5.97 Å². The van der Waals surface area contributed by atoms with E-state index < -0.39 is 23.6 Å². The summed E-state index contributed by atoms with van der Waals surface area (Å²) in [6, 6.07) is 2.05. The largest absolute Gasteiger partial charge is 0.468 e. The first-order chi connectivity index (χ1) is 8.10. The van der Waals surface area contributed by atoms with E-state index in [1.807, 2.05) is 0 Å². The highest BCUT2D eigenvalue weighted by molar-refractivity contribution is 5.77. The zero-order valence-corrected chi connectivity index (χ0v) is 9.37. The number of carbonyl (C=O) groups excluding carboxylic acids is 1. The second kappa shape index (κ2) is 6.10. The quantitative estimate of drug-likeness (QED) is 0.632. The van der Waals surface area contributed by atoms with Gasteiger partial charge in [-0.25, -0.2) is 13.6 Å². The van der Waals surface area contributed by atoms with Crippen LogP contribution >= 0.6 is 0 Å². The molecule has 0 saturated heterocycles. The normalized spacial score (nSPS) is 11.9. The molecule has 1 unspecified atom stereocenters. The number of esters is 1. The van der Waals surface area contributed by atoms with Crippen LogP contribution in [-0.2, 0) is 9.53 Å². The van der Waals surface area contributed by atoms with Gasteiger partial charge in [0.1, 0.15) is 17.7 Å². The molecule has 0 bridgehead atoms. The van der Waals surface area contributed by atoms with Gasteiger partial charge >= 0.3 is 5.97 Å². The number of halogens is 2. The van der Waals surface area contributed by atoms with Gasteiger partial charge in [0.25, 0.3) is 0 Å². The van der Waals surface area contributed by atoms with E-state index >= 15 is 0 Å². The van der Waals surface area contributed by atoms with E-state index in [1.165, 1.54) is 19.3 Å². The molecule has 0 radical (unpaired) electrons. The summed E-state index contributed by atoms with van der Waals surface area (Å²) >= 11 is 0. The molecule has 0 heterocycles. The van der Waals surface area contributed by atoms with Crippen molar-refractivity contribution < 1.29 is 18.3 Å². The molecule has 0 aromatic heterocycles. The second-order valence-electron chi connectivity index (χ2n) is 3.32. The zero-order valence-electron chi connectivity index (χ0n) is 9.37. The molecule has 0 saturated carbocycles. The van der Waals surface area contributed by atoms with Crippen LogP contribution in [0.25, 0.3) is 0 Å². The van der Waals surface area contributed by atoms with Crippen molar-refractivity contribution in [3.63, 3.8) is 0 Å². The predicted molar refractivity (Wildman–Crippen MR) is 59.3 cm³/mol. The SMILES string of the molecule is C=CCNC(C(=O)OC)c1ccc(F)cc1F. The van der Waals surface area contributed by atoms with Gasteiger partial charge in [0, 0.05) is 18.2 Å². The Morgan fingerprint density at radius 2 is 2.29 bits per heavy atom. The highest BCUT2D eigenvalue weighted by Crippen LogP contribution is 2.19. The van der Waals surface area contributed by atoms with Crippen LogP contribution in [0.4, 0.5) is 8.78 Å². The summed E-state index contributed by atoms with van der Waals surface area (Å²) < 4.78 is 30.8. The van der Waals surface area contributed by atoms with Crippen molar-refractivity contribution in [3.05, 3.63) is 48.1 Å². The predicted octanol–water partition coefficient (Wildman–Crippen LogP) is 1.95. The Kier molecular flexibility index (Phi) is 4.78. The molecule has 0 aliphatic carbocycles. The number of rotatable bonds is 5. The third kappa shape index (κ3) is 3.35. The minimum Gasteiger partial charge on any atom is -0.468 e. The molecular weight excluding hydrogens is 228 g/mol. The van der Waals surface area contributed by atoms with E-state index in [2.05, 4.69) is 16.6 Å². The van der Waals surface area contributed by atoms with Gasteiger partial charge in [0.2, 0.25) is 0 Å². The highest BCUT2D eigenvalue weighted by Gasteiger charge is 2.23. The molecular formula is C12H13F2NO2. The highest BCUT2D eigenvalue weighted by atomic mass is 19.1. The third-order valence-corrected chi connectivity index (χ3v) is 2.18. The zero-order chi connectivity index (χ0) is 12.8. The molecule has 1 aromatic rings. The average molecular weight is 241 g/mol. The number of hydrogen-bond acceptors (Lipinski definition) is 3. The van der Waals surface area contributed by atoms with E-state index in [-0.39, 0.29) is 5.56 Å². The van der Waals surface area contributed by atoms with Crippen LogP contribution in [0.2, 0.25) is 0 Å². The molecule has 0 spiro atoms. The Balaban J connectivity index is 3.03. The summed E-state index contributed by atoms with van der Waals surface area (Å²) in [5, 5.41) is 2.74. The van der Waals surface area contributed by atoms with Crippen LogP contribution in [0.1, 0.15) is 11.6 Å². The Bertz CT molecular complexity index is 421. The van der Waals surface area contributed by atoms with Gasteiger partial charge in [-0.2, -0.15) is 0 Å². The van der Waals surface area contributed by atoms with E-state index in [1.54, 1.807) is 0 Å². The number of benzene rings is 1. The fourth-order valence-corrected chi connectivity index (χ4v) is 1.37. The minimum absolute atomic E-state index is 0.0418. The molecule has 17 heavy (non-hydrogen) atoms. The van der Waals surface area contributed by atoms with Gasteiger partial charge in [-0.1, -0.05) is 12.1 Å². The first-order valence-corrected chi connectivity index (χ1v) is 4.97. The maximum Gasteiger partial charge on any atom is 0.327 e.